The Hall–Kier alpha value is -3.54. The molecular weight excluding hydrogens is 386 g/mol. The van der Waals surface area contributed by atoms with Crippen molar-refractivity contribution in [2.75, 3.05) is 13.1 Å². The molecular formula is C25H25N5O. The van der Waals surface area contributed by atoms with Crippen molar-refractivity contribution in [1.29, 1.82) is 0 Å². The average Bonchev–Trinajstić information content (AvgIpc) is 3.03. The number of rotatable bonds is 4. The highest BCUT2D eigenvalue weighted by atomic mass is 16.2. The van der Waals surface area contributed by atoms with Gasteiger partial charge in [0.15, 0.2) is 5.65 Å². The van der Waals surface area contributed by atoms with E-state index in [-0.39, 0.29) is 5.91 Å². The summed E-state index contributed by atoms with van der Waals surface area (Å²) in [5.74, 6) is 0.0787. The molecule has 0 spiro atoms. The molecule has 6 nitrogen and oxygen atoms in total. The quantitative estimate of drug-likeness (QED) is 0.494. The normalized spacial score (nSPS) is 14.5. The summed E-state index contributed by atoms with van der Waals surface area (Å²) in [6, 6.07) is 15.9. The van der Waals surface area contributed by atoms with E-state index in [1.807, 2.05) is 58.1 Å². The summed E-state index contributed by atoms with van der Waals surface area (Å²) >= 11 is 0. The zero-order valence-corrected chi connectivity index (χ0v) is 17.4. The summed E-state index contributed by atoms with van der Waals surface area (Å²) in [5, 5.41) is 5.40. The predicted molar refractivity (Wildman–Crippen MR) is 121 cm³/mol. The van der Waals surface area contributed by atoms with Crippen LogP contribution in [0.3, 0.4) is 0 Å². The molecule has 4 aromatic rings. The van der Waals surface area contributed by atoms with Gasteiger partial charge in [-0.3, -0.25) is 9.78 Å². The van der Waals surface area contributed by atoms with Crippen LogP contribution in [0.5, 0.6) is 0 Å². The van der Waals surface area contributed by atoms with Crippen LogP contribution in [0.1, 0.15) is 41.6 Å². The number of pyridine rings is 2. The second-order valence-corrected chi connectivity index (χ2v) is 8.02. The Morgan fingerprint density at radius 2 is 1.68 bits per heavy atom. The van der Waals surface area contributed by atoms with Gasteiger partial charge in [-0.25, -0.2) is 9.67 Å². The first kappa shape index (κ1) is 19.4. The summed E-state index contributed by atoms with van der Waals surface area (Å²) in [5.41, 5.74) is 4.30. The van der Waals surface area contributed by atoms with Crippen molar-refractivity contribution < 1.29 is 4.79 Å². The number of hydrogen-bond acceptors (Lipinski definition) is 4. The van der Waals surface area contributed by atoms with Crippen LogP contribution in [0.2, 0.25) is 0 Å². The summed E-state index contributed by atoms with van der Waals surface area (Å²) in [7, 11) is 0. The first-order valence-corrected chi connectivity index (χ1v) is 10.9. The molecule has 1 aromatic carbocycles. The lowest BCUT2D eigenvalue weighted by Crippen LogP contribution is -2.32. The molecule has 1 aliphatic rings. The van der Waals surface area contributed by atoms with Crippen molar-refractivity contribution in [3.05, 3.63) is 78.2 Å². The number of carbonyl (C=O) groups excluding carboxylic acids is 1. The molecule has 5 rings (SSSR count). The molecule has 0 atom stereocenters. The van der Waals surface area contributed by atoms with Crippen molar-refractivity contribution in [2.24, 2.45) is 0 Å². The first-order chi connectivity index (χ1) is 15.3. The van der Waals surface area contributed by atoms with Crippen LogP contribution in [-0.4, -0.2) is 43.6 Å². The maximum absolute atomic E-state index is 13.6. The van der Waals surface area contributed by atoms with Crippen molar-refractivity contribution in [3.8, 4) is 11.3 Å². The van der Waals surface area contributed by atoms with E-state index in [1.165, 1.54) is 12.8 Å². The van der Waals surface area contributed by atoms with Crippen LogP contribution in [0, 0.1) is 0 Å². The monoisotopic (exact) mass is 411 g/mol. The lowest BCUT2D eigenvalue weighted by Gasteiger charge is -2.21. The molecule has 0 N–H and O–H groups in total. The fraction of sp³-hybridized carbons (Fsp3) is 0.280. The topological polar surface area (TPSA) is 63.9 Å². The molecule has 0 radical (unpaired) electrons. The smallest absolute Gasteiger partial charge is 0.254 e. The van der Waals surface area contributed by atoms with E-state index in [0.29, 0.717) is 12.1 Å². The number of likely N-dealkylation sites (tertiary alicyclic amines) is 1. The second-order valence-electron chi connectivity index (χ2n) is 8.02. The summed E-state index contributed by atoms with van der Waals surface area (Å²) in [6.45, 7) is 2.21. The zero-order valence-electron chi connectivity index (χ0n) is 17.4. The van der Waals surface area contributed by atoms with Crippen LogP contribution in [0.25, 0.3) is 22.3 Å². The molecule has 156 valence electrons. The molecule has 1 amide bonds. The fourth-order valence-electron chi connectivity index (χ4n) is 4.20. The molecule has 0 unspecified atom stereocenters. The second kappa shape index (κ2) is 8.68. The molecule has 0 bridgehead atoms. The van der Waals surface area contributed by atoms with E-state index < -0.39 is 0 Å². The average molecular weight is 412 g/mol. The van der Waals surface area contributed by atoms with Crippen LogP contribution in [-0.2, 0) is 6.54 Å². The summed E-state index contributed by atoms with van der Waals surface area (Å²) < 4.78 is 1.87. The third-order valence-corrected chi connectivity index (χ3v) is 5.88. The van der Waals surface area contributed by atoms with Gasteiger partial charge in [-0.15, -0.1) is 0 Å². The number of hydrogen-bond donors (Lipinski definition) is 0. The number of nitrogens with zero attached hydrogens (tertiary/aromatic N) is 5. The van der Waals surface area contributed by atoms with Crippen molar-refractivity contribution >= 4 is 16.9 Å². The molecule has 1 saturated heterocycles. The van der Waals surface area contributed by atoms with Gasteiger partial charge in [0.25, 0.3) is 5.91 Å². The fourth-order valence-corrected chi connectivity index (χ4v) is 4.20. The number of benzene rings is 1. The molecule has 31 heavy (non-hydrogen) atoms. The largest absolute Gasteiger partial charge is 0.339 e. The van der Waals surface area contributed by atoms with Crippen molar-refractivity contribution in [2.45, 2.75) is 32.2 Å². The van der Waals surface area contributed by atoms with Crippen molar-refractivity contribution in [3.63, 3.8) is 0 Å². The Morgan fingerprint density at radius 3 is 2.42 bits per heavy atom. The van der Waals surface area contributed by atoms with E-state index in [1.54, 1.807) is 18.6 Å². The van der Waals surface area contributed by atoms with Gasteiger partial charge >= 0.3 is 0 Å². The number of aromatic nitrogens is 4. The Balaban J connectivity index is 1.62. The van der Waals surface area contributed by atoms with Crippen LogP contribution in [0.4, 0.5) is 0 Å². The minimum absolute atomic E-state index is 0.0787. The zero-order chi connectivity index (χ0) is 21.0. The summed E-state index contributed by atoms with van der Waals surface area (Å²) in [4.78, 5) is 24.6. The SMILES string of the molecule is O=C(c1cc(-c2ccccc2)nc2c1cnn2Cc1ccncc1)N1CCCCCC1. The predicted octanol–water partition coefficient (Wildman–Crippen LogP) is 4.56. The van der Waals surface area contributed by atoms with Gasteiger partial charge in [0.2, 0.25) is 0 Å². The lowest BCUT2D eigenvalue weighted by atomic mass is 10.1. The molecule has 0 aliphatic carbocycles. The Morgan fingerprint density at radius 1 is 0.935 bits per heavy atom. The van der Waals surface area contributed by atoms with Gasteiger partial charge < -0.3 is 4.90 Å². The third-order valence-electron chi connectivity index (χ3n) is 5.88. The van der Waals surface area contributed by atoms with Gasteiger partial charge in [0, 0.05) is 31.0 Å². The summed E-state index contributed by atoms with van der Waals surface area (Å²) in [6.07, 6.45) is 9.84. The van der Waals surface area contributed by atoms with Gasteiger partial charge in [-0.1, -0.05) is 43.2 Å². The molecule has 1 aliphatic heterocycles. The van der Waals surface area contributed by atoms with E-state index in [4.69, 9.17) is 4.98 Å². The number of amides is 1. The van der Waals surface area contributed by atoms with Gasteiger partial charge in [-0.2, -0.15) is 5.10 Å². The number of fused-ring (bicyclic) bond motifs is 1. The highest BCUT2D eigenvalue weighted by Gasteiger charge is 2.23. The first-order valence-electron chi connectivity index (χ1n) is 10.9. The molecule has 1 fully saturated rings. The van der Waals surface area contributed by atoms with Crippen LogP contribution in [0.15, 0.2) is 67.1 Å². The Bertz CT molecular complexity index is 1180. The minimum atomic E-state index is 0.0787. The van der Waals surface area contributed by atoms with Crippen LogP contribution < -0.4 is 0 Å². The van der Waals surface area contributed by atoms with E-state index in [2.05, 4.69) is 10.1 Å². The molecule has 6 heteroatoms. The molecule has 4 heterocycles. The van der Waals surface area contributed by atoms with Gasteiger partial charge in [0.05, 0.1) is 29.4 Å². The standard InChI is InChI=1S/C25H25N5O/c31-25(29-14-6-1-2-7-15-29)21-16-23(20-8-4-3-5-9-20)28-24-22(21)17-27-30(24)18-19-10-12-26-13-11-19/h3-5,8-13,16-17H,1-2,6-7,14-15,18H2. The maximum Gasteiger partial charge on any atom is 0.254 e. The molecule has 0 saturated carbocycles. The van der Waals surface area contributed by atoms with E-state index >= 15 is 0 Å². The van der Waals surface area contributed by atoms with Gasteiger partial charge in [0.1, 0.15) is 0 Å². The number of carbonyl (C=O) groups is 1. The van der Waals surface area contributed by atoms with Crippen molar-refractivity contribution in [1.82, 2.24) is 24.6 Å². The van der Waals surface area contributed by atoms with E-state index in [0.717, 1.165) is 53.8 Å². The lowest BCUT2D eigenvalue weighted by molar-refractivity contribution is 0.0763. The Labute approximate surface area is 181 Å². The minimum Gasteiger partial charge on any atom is -0.339 e. The van der Waals surface area contributed by atoms with Gasteiger partial charge in [-0.05, 0) is 36.6 Å². The van der Waals surface area contributed by atoms with E-state index in [9.17, 15) is 4.79 Å². The van der Waals surface area contributed by atoms with Crippen LogP contribution >= 0.6 is 0 Å². The molecule has 3 aromatic heterocycles. The Kier molecular flexibility index (Phi) is 5.44. The maximum atomic E-state index is 13.6. The highest BCUT2D eigenvalue weighted by molar-refractivity contribution is 6.06. The third kappa shape index (κ3) is 4.06. The highest BCUT2D eigenvalue weighted by Crippen LogP contribution is 2.27.